The maximum Gasteiger partial charge on any atom is 0.191 e. The summed E-state index contributed by atoms with van der Waals surface area (Å²) in [4.78, 5) is 10.8. The van der Waals surface area contributed by atoms with E-state index in [0.717, 1.165) is 58.3 Å². The molecule has 6 nitrogen and oxygen atoms in total. The van der Waals surface area contributed by atoms with Crippen molar-refractivity contribution in [3.05, 3.63) is 52.7 Å². The van der Waals surface area contributed by atoms with Crippen LogP contribution in [0.25, 0.3) is 0 Å². The van der Waals surface area contributed by atoms with E-state index in [1.165, 1.54) is 10.6 Å². The first kappa shape index (κ1) is 20.2. The highest BCUT2D eigenvalue weighted by Gasteiger charge is 2.26. The van der Waals surface area contributed by atoms with Crippen LogP contribution >= 0.6 is 11.3 Å². The SMILES string of the molecule is CN=C(NCC(c1cccs1)N1CCOCC1)NC1CCN(c2ccccc2)C1. The fraction of sp³-hybridized carbons (Fsp3) is 0.500. The lowest BCUT2D eigenvalue weighted by Crippen LogP contribution is -2.48. The summed E-state index contributed by atoms with van der Waals surface area (Å²) in [7, 11) is 1.86. The van der Waals surface area contributed by atoms with E-state index in [2.05, 4.69) is 73.3 Å². The zero-order valence-corrected chi connectivity index (χ0v) is 17.9. The summed E-state index contributed by atoms with van der Waals surface area (Å²) in [5.74, 6) is 0.889. The molecule has 2 aliphatic heterocycles. The summed E-state index contributed by atoms with van der Waals surface area (Å²) in [5, 5.41) is 9.37. The molecule has 2 atom stereocenters. The number of benzene rings is 1. The van der Waals surface area contributed by atoms with Gasteiger partial charge in [-0.2, -0.15) is 0 Å². The van der Waals surface area contributed by atoms with Gasteiger partial charge in [-0.3, -0.25) is 9.89 Å². The highest BCUT2D eigenvalue weighted by Crippen LogP contribution is 2.25. The smallest absolute Gasteiger partial charge is 0.191 e. The number of rotatable bonds is 6. The molecule has 4 rings (SSSR count). The molecule has 0 saturated carbocycles. The number of nitrogens with zero attached hydrogens (tertiary/aromatic N) is 3. The standard InChI is InChI=1S/C22H31N5OS/c1-23-22(25-18-9-10-27(17-18)19-6-3-2-4-7-19)24-16-20(21-8-5-15-29-21)26-11-13-28-14-12-26/h2-8,15,18,20H,9-14,16-17H2,1H3,(H2,23,24,25). The number of para-hydroxylation sites is 1. The lowest BCUT2D eigenvalue weighted by molar-refractivity contribution is 0.0177. The average Bonchev–Trinajstić information content (AvgIpc) is 3.47. The van der Waals surface area contributed by atoms with Gasteiger partial charge in [0.25, 0.3) is 0 Å². The first-order valence-electron chi connectivity index (χ1n) is 10.5. The number of ether oxygens (including phenoxy) is 1. The van der Waals surface area contributed by atoms with Crippen LogP contribution < -0.4 is 15.5 Å². The van der Waals surface area contributed by atoms with Crippen molar-refractivity contribution in [2.75, 3.05) is 57.9 Å². The number of guanidine groups is 1. The van der Waals surface area contributed by atoms with Gasteiger partial charge < -0.3 is 20.3 Å². The van der Waals surface area contributed by atoms with Crippen LogP contribution in [0.5, 0.6) is 0 Å². The van der Waals surface area contributed by atoms with Gasteiger partial charge in [0.2, 0.25) is 0 Å². The molecule has 2 fully saturated rings. The van der Waals surface area contributed by atoms with E-state index in [1.54, 1.807) is 0 Å². The normalized spacial score (nSPS) is 21.9. The molecule has 2 aliphatic rings. The predicted octanol–water partition coefficient (Wildman–Crippen LogP) is 2.57. The Kier molecular flexibility index (Phi) is 7.03. The van der Waals surface area contributed by atoms with Gasteiger partial charge in [0, 0.05) is 56.4 Å². The second-order valence-electron chi connectivity index (χ2n) is 7.54. The van der Waals surface area contributed by atoms with Crippen molar-refractivity contribution in [1.29, 1.82) is 0 Å². The van der Waals surface area contributed by atoms with Gasteiger partial charge in [0.15, 0.2) is 5.96 Å². The van der Waals surface area contributed by atoms with Gasteiger partial charge in [0.1, 0.15) is 0 Å². The summed E-state index contributed by atoms with van der Waals surface area (Å²) in [6.45, 7) is 6.50. The summed E-state index contributed by atoms with van der Waals surface area (Å²) in [6.07, 6.45) is 1.12. The van der Waals surface area contributed by atoms with Gasteiger partial charge in [-0.1, -0.05) is 24.3 Å². The maximum atomic E-state index is 5.55. The fourth-order valence-electron chi connectivity index (χ4n) is 4.11. The summed E-state index contributed by atoms with van der Waals surface area (Å²) < 4.78 is 5.55. The molecule has 7 heteroatoms. The number of thiophene rings is 1. The molecule has 156 valence electrons. The number of aliphatic imine (C=N–C) groups is 1. The summed E-state index contributed by atoms with van der Waals surface area (Å²) >= 11 is 1.83. The van der Waals surface area contributed by atoms with Gasteiger partial charge in [-0.05, 0) is 30.0 Å². The highest BCUT2D eigenvalue weighted by molar-refractivity contribution is 7.10. The van der Waals surface area contributed by atoms with Crippen molar-refractivity contribution in [2.24, 2.45) is 4.99 Å². The minimum absolute atomic E-state index is 0.349. The molecule has 0 spiro atoms. The number of hydrogen-bond acceptors (Lipinski definition) is 5. The van der Waals surface area contributed by atoms with E-state index in [4.69, 9.17) is 4.74 Å². The molecule has 3 heterocycles. The van der Waals surface area contributed by atoms with Crippen LogP contribution in [0.2, 0.25) is 0 Å². The van der Waals surface area contributed by atoms with Crippen LogP contribution in [-0.4, -0.2) is 69.9 Å². The van der Waals surface area contributed by atoms with Crippen LogP contribution in [0.4, 0.5) is 5.69 Å². The molecule has 2 unspecified atom stereocenters. The number of morpholine rings is 1. The van der Waals surface area contributed by atoms with Crippen LogP contribution in [0, 0.1) is 0 Å². The van der Waals surface area contributed by atoms with E-state index < -0.39 is 0 Å². The second kappa shape index (κ2) is 10.1. The Bertz CT molecular complexity index is 761. The Balaban J connectivity index is 1.32. The lowest BCUT2D eigenvalue weighted by Gasteiger charge is -2.34. The third-order valence-electron chi connectivity index (χ3n) is 5.69. The molecule has 1 aromatic carbocycles. The second-order valence-corrected chi connectivity index (χ2v) is 8.52. The van der Waals surface area contributed by atoms with Crippen LogP contribution in [0.3, 0.4) is 0 Å². The third kappa shape index (κ3) is 5.29. The number of nitrogens with one attached hydrogen (secondary N) is 2. The highest BCUT2D eigenvalue weighted by atomic mass is 32.1. The zero-order chi connectivity index (χ0) is 19.9. The van der Waals surface area contributed by atoms with Gasteiger partial charge in [0.05, 0.1) is 19.3 Å². The van der Waals surface area contributed by atoms with E-state index >= 15 is 0 Å². The van der Waals surface area contributed by atoms with E-state index in [-0.39, 0.29) is 0 Å². The Hall–Kier alpha value is -2.09. The Labute approximate surface area is 177 Å². The van der Waals surface area contributed by atoms with Gasteiger partial charge in [-0.25, -0.2) is 0 Å². The quantitative estimate of drug-likeness (QED) is 0.563. The molecule has 2 saturated heterocycles. The Morgan fingerprint density at radius 2 is 2.00 bits per heavy atom. The molecule has 2 N–H and O–H groups in total. The molecule has 0 bridgehead atoms. The fourth-order valence-corrected chi connectivity index (χ4v) is 4.97. The monoisotopic (exact) mass is 413 g/mol. The van der Waals surface area contributed by atoms with E-state index in [0.29, 0.717) is 12.1 Å². The zero-order valence-electron chi connectivity index (χ0n) is 17.1. The number of anilines is 1. The largest absolute Gasteiger partial charge is 0.379 e. The molecule has 29 heavy (non-hydrogen) atoms. The lowest BCUT2D eigenvalue weighted by atomic mass is 10.2. The third-order valence-corrected chi connectivity index (χ3v) is 6.67. The minimum atomic E-state index is 0.349. The maximum absolute atomic E-state index is 5.55. The summed E-state index contributed by atoms with van der Waals surface area (Å²) in [5.41, 5.74) is 1.30. The minimum Gasteiger partial charge on any atom is -0.379 e. The first-order chi connectivity index (χ1) is 14.3. The topological polar surface area (TPSA) is 52.1 Å². The van der Waals surface area contributed by atoms with Crippen molar-refractivity contribution in [3.63, 3.8) is 0 Å². The molecule has 0 radical (unpaired) electrons. The van der Waals surface area contributed by atoms with Crippen molar-refractivity contribution in [1.82, 2.24) is 15.5 Å². The van der Waals surface area contributed by atoms with Gasteiger partial charge >= 0.3 is 0 Å². The summed E-state index contributed by atoms with van der Waals surface area (Å²) in [6, 6.07) is 15.8. The Morgan fingerprint density at radius 1 is 1.17 bits per heavy atom. The van der Waals surface area contributed by atoms with Gasteiger partial charge in [-0.15, -0.1) is 11.3 Å². The molecule has 2 aromatic rings. The van der Waals surface area contributed by atoms with Crippen LogP contribution in [0.1, 0.15) is 17.3 Å². The van der Waals surface area contributed by atoms with Crippen molar-refractivity contribution < 1.29 is 4.74 Å². The predicted molar refractivity (Wildman–Crippen MR) is 121 cm³/mol. The molecular formula is C22H31N5OS. The molecular weight excluding hydrogens is 382 g/mol. The van der Waals surface area contributed by atoms with Crippen molar-refractivity contribution >= 4 is 23.0 Å². The van der Waals surface area contributed by atoms with Crippen LogP contribution in [-0.2, 0) is 4.74 Å². The van der Waals surface area contributed by atoms with Crippen molar-refractivity contribution in [3.8, 4) is 0 Å². The van der Waals surface area contributed by atoms with E-state index in [9.17, 15) is 0 Å². The number of hydrogen-bond donors (Lipinski definition) is 2. The van der Waals surface area contributed by atoms with Crippen molar-refractivity contribution in [2.45, 2.75) is 18.5 Å². The Morgan fingerprint density at radius 3 is 2.72 bits per heavy atom. The first-order valence-corrected chi connectivity index (χ1v) is 11.3. The van der Waals surface area contributed by atoms with E-state index in [1.807, 2.05) is 18.4 Å². The van der Waals surface area contributed by atoms with Crippen LogP contribution in [0.15, 0.2) is 52.8 Å². The molecule has 0 aliphatic carbocycles. The molecule has 1 aromatic heterocycles. The molecule has 0 amide bonds. The average molecular weight is 414 g/mol.